The molecule has 1 aliphatic rings. The van der Waals surface area contributed by atoms with Gasteiger partial charge in [-0.1, -0.05) is 32.0 Å². The molecule has 1 aromatic carbocycles. The topological polar surface area (TPSA) is 58.2 Å². The summed E-state index contributed by atoms with van der Waals surface area (Å²) in [6.07, 6.45) is 3.68. The van der Waals surface area contributed by atoms with Crippen molar-refractivity contribution < 1.29 is 9.59 Å². The normalized spacial score (nSPS) is 16.2. The van der Waals surface area contributed by atoms with Crippen LogP contribution in [0.15, 0.2) is 53.9 Å². The molecule has 1 aliphatic carbocycles. The van der Waals surface area contributed by atoms with E-state index in [0.29, 0.717) is 17.3 Å². The minimum atomic E-state index is -0.192. The first-order chi connectivity index (χ1) is 10.5. The molecule has 0 heterocycles. The number of anilines is 1. The Morgan fingerprint density at radius 3 is 2.14 bits per heavy atom. The molecule has 2 N–H and O–H groups in total. The third-order valence-corrected chi connectivity index (χ3v) is 3.36. The van der Waals surface area contributed by atoms with Gasteiger partial charge in [-0.25, -0.2) is 0 Å². The van der Waals surface area contributed by atoms with Gasteiger partial charge in [-0.3, -0.25) is 9.59 Å². The number of hydrogen-bond acceptors (Lipinski definition) is 4. The van der Waals surface area contributed by atoms with Gasteiger partial charge < -0.3 is 10.6 Å². The maximum Gasteiger partial charge on any atom is 0.204 e. The van der Waals surface area contributed by atoms with Crippen molar-refractivity contribution in [1.29, 1.82) is 0 Å². The van der Waals surface area contributed by atoms with Gasteiger partial charge in [-0.15, -0.1) is 0 Å². The molecule has 1 atom stereocenters. The molecular formula is C18H22N2O2. The second-order valence-electron chi connectivity index (χ2n) is 6.01. The molecule has 2 rings (SSSR count). The Hall–Kier alpha value is -2.36. The smallest absolute Gasteiger partial charge is 0.204 e. The molecule has 116 valence electrons. The van der Waals surface area contributed by atoms with E-state index < -0.39 is 0 Å². The van der Waals surface area contributed by atoms with Gasteiger partial charge in [0, 0.05) is 23.9 Å². The number of carbonyl (C=O) groups is 2. The van der Waals surface area contributed by atoms with Crippen LogP contribution in [0, 0.1) is 5.92 Å². The van der Waals surface area contributed by atoms with Gasteiger partial charge >= 0.3 is 0 Å². The van der Waals surface area contributed by atoms with Crippen LogP contribution in [0.25, 0.3) is 0 Å². The lowest BCUT2D eigenvalue weighted by Gasteiger charge is -2.20. The Labute approximate surface area is 131 Å². The largest absolute Gasteiger partial charge is 0.379 e. The van der Waals surface area contributed by atoms with Gasteiger partial charge in [0.25, 0.3) is 0 Å². The van der Waals surface area contributed by atoms with E-state index >= 15 is 0 Å². The van der Waals surface area contributed by atoms with Crippen molar-refractivity contribution in [3.63, 3.8) is 0 Å². The lowest BCUT2D eigenvalue weighted by Crippen LogP contribution is -2.33. The Morgan fingerprint density at radius 1 is 0.909 bits per heavy atom. The van der Waals surface area contributed by atoms with Crippen LogP contribution in [0.2, 0.25) is 0 Å². The highest BCUT2D eigenvalue weighted by atomic mass is 16.1. The van der Waals surface area contributed by atoms with Crippen molar-refractivity contribution in [3.8, 4) is 0 Å². The Kier molecular flexibility index (Phi) is 5.15. The van der Waals surface area contributed by atoms with Crippen LogP contribution in [0.4, 0.5) is 5.69 Å². The van der Waals surface area contributed by atoms with Gasteiger partial charge in [0.1, 0.15) is 0 Å². The molecule has 1 unspecified atom stereocenters. The highest BCUT2D eigenvalue weighted by Gasteiger charge is 2.21. The van der Waals surface area contributed by atoms with E-state index in [-0.39, 0.29) is 17.6 Å². The van der Waals surface area contributed by atoms with E-state index in [1.165, 1.54) is 12.2 Å². The third-order valence-electron chi connectivity index (χ3n) is 3.36. The van der Waals surface area contributed by atoms with E-state index in [4.69, 9.17) is 0 Å². The van der Waals surface area contributed by atoms with Crippen LogP contribution in [0.1, 0.15) is 27.2 Å². The number of hydrogen-bond donors (Lipinski definition) is 2. The van der Waals surface area contributed by atoms with Crippen LogP contribution in [0.3, 0.4) is 0 Å². The minimum absolute atomic E-state index is 0.153. The molecule has 0 aliphatic heterocycles. The van der Waals surface area contributed by atoms with E-state index in [2.05, 4.69) is 24.5 Å². The molecular weight excluding hydrogens is 276 g/mol. The molecule has 0 fully saturated rings. The SMILES string of the molecule is CC(C)CC(C)NC1=CC(=O)C(Nc2ccccc2)=CC1=O. The van der Waals surface area contributed by atoms with Crippen molar-refractivity contribution in [1.82, 2.24) is 5.32 Å². The van der Waals surface area contributed by atoms with Crippen molar-refractivity contribution in [2.24, 2.45) is 5.92 Å². The van der Waals surface area contributed by atoms with Crippen LogP contribution >= 0.6 is 0 Å². The number of ketones is 2. The van der Waals surface area contributed by atoms with Crippen LogP contribution < -0.4 is 10.6 Å². The minimum Gasteiger partial charge on any atom is -0.379 e. The fourth-order valence-electron chi connectivity index (χ4n) is 2.48. The van der Waals surface area contributed by atoms with Gasteiger partial charge in [-0.2, -0.15) is 0 Å². The van der Waals surface area contributed by atoms with E-state index in [1.807, 2.05) is 37.3 Å². The fraction of sp³-hybridized carbons (Fsp3) is 0.333. The molecule has 0 saturated carbocycles. The van der Waals surface area contributed by atoms with Crippen LogP contribution in [0.5, 0.6) is 0 Å². The summed E-state index contributed by atoms with van der Waals surface area (Å²) in [6, 6.07) is 9.48. The van der Waals surface area contributed by atoms with E-state index in [1.54, 1.807) is 0 Å². The van der Waals surface area contributed by atoms with Crippen molar-refractivity contribution in [3.05, 3.63) is 53.9 Å². The van der Waals surface area contributed by atoms with Crippen molar-refractivity contribution in [2.45, 2.75) is 33.2 Å². The second kappa shape index (κ2) is 7.07. The van der Waals surface area contributed by atoms with Crippen molar-refractivity contribution in [2.75, 3.05) is 5.32 Å². The number of carbonyl (C=O) groups excluding carboxylic acids is 2. The Bertz CT molecular complexity index is 615. The Balaban J connectivity index is 2.04. The summed E-state index contributed by atoms with van der Waals surface area (Å²) in [5.74, 6) is 0.166. The fourth-order valence-corrected chi connectivity index (χ4v) is 2.48. The predicted octanol–water partition coefficient (Wildman–Crippen LogP) is 3.04. The average Bonchev–Trinajstić information content (AvgIpc) is 2.44. The second-order valence-corrected chi connectivity index (χ2v) is 6.01. The summed E-state index contributed by atoms with van der Waals surface area (Å²) in [5, 5.41) is 6.12. The third kappa shape index (κ3) is 4.32. The lowest BCUT2D eigenvalue weighted by molar-refractivity contribution is -0.115. The zero-order chi connectivity index (χ0) is 16.1. The van der Waals surface area contributed by atoms with Crippen LogP contribution in [-0.4, -0.2) is 17.6 Å². The lowest BCUT2D eigenvalue weighted by atomic mass is 10.0. The molecule has 4 heteroatoms. The maximum atomic E-state index is 12.2. The average molecular weight is 298 g/mol. The monoisotopic (exact) mass is 298 g/mol. The highest BCUT2D eigenvalue weighted by Crippen LogP contribution is 2.16. The van der Waals surface area contributed by atoms with Crippen LogP contribution in [-0.2, 0) is 9.59 Å². The summed E-state index contributed by atoms with van der Waals surface area (Å²) in [5.41, 5.74) is 1.46. The van der Waals surface area contributed by atoms with Gasteiger partial charge in [0.15, 0.2) is 0 Å². The molecule has 0 amide bonds. The first kappa shape index (κ1) is 16.0. The zero-order valence-electron chi connectivity index (χ0n) is 13.2. The number of benzene rings is 1. The number of allylic oxidation sites excluding steroid dienone is 2. The van der Waals surface area contributed by atoms with Gasteiger partial charge in [0.05, 0.1) is 11.4 Å². The predicted molar refractivity (Wildman–Crippen MR) is 88.3 cm³/mol. The van der Waals surface area contributed by atoms with E-state index in [9.17, 15) is 9.59 Å². The quantitative estimate of drug-likeness (QED) is 0.793. The molecule has 0 spiro atoms. The highest BCUT2D eigenvalue weighted by molar-refractivity contribution is 6.20. The molecule has 0 bridgehead atoms. The molecule has 0 radical (unpaired) electrons. The standard InChI is InChI=1S/C18H22N2O2/c1-12(2)9-13(3)19-15-10-18(22)16(11-17(15)21)20-14-7-5-4-6-8-14/h4-8,10-13,19-20H,9H2,1-3H3. The molecule has 0 saturated heterocycles. The van der Waals surface area contributed by atoms with Gasteiger partial charge in [-0.05, 0) is 31.4 Å². The molecule has 22 heavy (non-hydrogen) atoms. The number of rotatable bonds is 6. The molecule has 1 aromatic rings. The maximum absolute atomic E-state index is 12.2. The molecule has 0 aromatic heterocycles. The Morgan fingerprint density at radius 2 is 1.50 bits per heavy atom. The summed E-state index contributed by atoms with van der Waals surface area (Å²) in [4.78, 5) is 24.3. The first-order valence-electron chi connectivity index (χ1n) is 7.56. The first-order valence-corrected chi connectivity index (χ1v) is 7.56. The molecule has 4 nitrogen and oxygen atoms in total. The number of para-hydroxylation sites is 1. The summed E-state index contributed by atoms with van der Waals surface area (Å²) in [6.45, 7) is 6.27. The number of nitrogens with one attached hydrogen (secondary N) is 2. The summed E-state index contributed by atoms with van der Waals surface area (Å²) >= 11 is 0. The summed E-state index contributed by atoms with van der Waals surface area (Å²) in [7, 11) is 0. The van der Waals surface area contributed by atoms with E-state index in [0.717, 1.165) is 12.1 Å². The zero-order valence-corrected chi connectivity index (χ0v) is 13.2. The van der Waals surface area contributed by atoms with Gasteiger partial charge in [0.2, 0.25) is 11.6 Å². The van der Waals surface area contributed by atoms with Crippen molar-refractivity contribution >= 4 is 17.3 Å². The summed E-state index contributed by atoms with van der Waals surface area (Å²) < 4.78 is 0.